The Kier molecular flexibility index (Phi) is 2.47. The summed E-state index contributed by atoms with van der Waals surface area (Å²) in [4.78, 5) is 0. The van der Waals surface area contributed by atoms with E-state index in [4.69, 9.17) is 9.92 Å². The van der Waals surface area contributed by atoms with Crippen molar-refractivity contribution in [2.75, 3.05) is 12.8 Å². The quantitative estimate of drug-likeness (QED) is 0.683. The average molecular weight is 207 g/mol. The second kappa shape index (κ2) is 2.93. The SMILES string of the molecule is CC1(C)CC(CN)(OS(C)(=O)=O)C1. The van der Waals surface area contributed by atoms with Crippen LogP contribution >= 0.6 is 0 Å². The Morgan fingerprint density at radius 3 is 2.08 bits per heavy atom. The molecule has 0 aromatic rings. The molecule has 0 saturated heterocycles. The molecule has 5 heteroatoms. The van der Waals surface area contributed by atoms with Crippen LogP contribution < -0.4 is 5.73 Å². The fourth-order valence-corrected chi connectivity index (χ4v) is 3.08. The molecular weight excluding hydrogens is 190 g/mol. The standard InChI is InChI=1S/C8H17NO3S/c1-7(2)4-8(5-7,6-9)12-13(3,10)11/h4-6,9H2,1-3H3. The van der Waals surface area contributed by atoms with Gasteiger partial charge >= 0.3 is 0 Å². The van der Waals surface area contributed by atoms with Crippen molar-refractivity contribution < 1.29 is 12.6 Å². The highest BCUT2D eigenvalue weighted by Crippen LogP contribution is 2.50. The molecule has 0 bridgehead atoms. The first-order chi connectivity index (χ1) is 5.68. The minimum Gasteiger partial charge on any atom is -0.328 e. The fourth-order valence-electron chi connectivity index (χ4n) is 2.25. The van der Waals surface area contributed by atoms with Gasteiger partial charge in [0.1, 0.15) is 5.60 Å². The van der Waals surface area contributed by atoms with E-state index in [-0.39, 0.29) is 12.0 Å². The second-order valence-corrected chi connectivity index (χ2v) is 6.27. The number of nitrogens with two attached hydrogens (primary N) is 1. The van der Waals surface area contributed by atoms with E-state index in [1.54, 1.807) is 0 Å². The highest BCUT2D eigenvalue weighted by Gasteiger charge is 2.51. The Morgan fingerprint density at radius 2 is 1.85 bits per heavy atom. The maximum atomic E-state index is 10.9. The molecule has 0 aromatic carbocycles. The first-order valence-electron chi connectivity index (χ1n) is 4.29. The lowest BCUT2D eigenvalue weighted by Crippen LogP contribution is -2.56. The van der Waals surface area contributed by atoms with Gasteiger partial charge in [-0.1, -0.05) is 13.8 Å². The third-order valence-corrected chi connectivity index (χ3v) is 2.96. The van der Waals surface area contributed by atoms with Gasteiger partial charge in [-0.3, -0.25) is 4.18 Å². The molecule has 78 valence electrons. The van der Waals surface area contributed by atoms with Crippen molar-refractivity contribution in [1.29, 1.82) is 0 Å². The zero-order valence-corrected chi connectivity index (χ0v) is 9.15. The van der Waals surface area contributed by atoms with E-state index in [9.17, 15) is 8.42 Å². The number of hydrogen-bond acceptors (Lipinski definition) is 4. The summed E-state index contributed by atoms with van der Waals surface area (Å²) in [7, 11) is -3.38. The fraction of sp³-hybridized carbons (Fsp3) is 1.00. The van der Waals surface area contributed by atoms with E-state index < -0.39 is 15.7 Å². The molecule has 0 heterocycles. The van der Waals surface area contributed by atoms with E-state index in [1.165, 1.54) is 0 Å². The van der Waals surface area contributed by atoms with E-state index in [0.717, 1.165) is 6.26 Å². The second-order valence-electron chi connectivity index (χ2n) is 4.69. The first-order valence-corrected chi connectivity index (χ1v) is 6.10. The number of hydrogen-bond donors (Lipinski definition) is 1. The molecule has 1 rings (SSSR count). The van der Waals surface area contributed by atoms with E-state index in [2.05, 4.69) is 13.8 Å². The molecule has 1 aliphatic rings. The Labute approximate surface area is 79.6 Å². The van der Waals surface area contributed by atoms with Crippen LogP contribution in [0.1, 0.15) is 26.7 Å². The summed E-state index contributed by atoms with van der Waals surface area (Å²) < 4.78 is 26.9. The maximum absolute atomic E-state index is 10.9. The van der Waals surface area contributed by atoms with Crippen LogP contribution in [0.3, 0.4) is 0 Å². The Bertz CT molecular complexity index is 287. The summed E-state index contributed by atoms with van der Waals surface area (Å²) in [5.74, 6) is 0. The Balaban J connectivity index is 2.67. The highest BCUT2D eigenvalue weighted by atomic mass is 32.2. The van der Waals surface area contributed by atoms with Crippen molar-refractivity contribution in [3.8, 4) is 0 Å². The lowest BCUT2D eigenvalue weighted by Gasteiger charge is -2.51. The molecule has 0 radical (unpaired) electrons. The molecule has 1 fully saturated rings. The van der Waals surface area contributed by atoms with Gasteiger partial charge in [0.05, 0.1) is 6.26 Å². The van der Waals surface area contributed by atoms with Crippen molar-refractivity contribution >= 4 is 10.1 Å². The van der Waals surface area contributed by atoms with Gasteiger partial charge in [0, 0.05) is 6.54 Å². The van der Waals surface area contributed by atoms with Crippen molar-refractivity contribution in [1.82, 2.24) is 0 Å². The third kappa shape index (κ3) is 2.65. The monoisotopic (exact) mass is 207 g/mol. The van der Waals surface area contributed by atoms with Gasteiger partial charge in [0.25, 0.3) is 10.1 Å². The van der Waals surface area contributed by atoms with E-state index >= 15 is 0 Å². The van der Waals surface area contributed by atoms with Crippen LogP contribution in [-0.2, 0) is 14.3 Å². The van der Waals surface area contributed by atoms with Crippen molar-refractivity contribution in [2.45, 2.75) is 32.3 Å². The van der Waals surface area contributed by atoms with Gasteiger partial charge in [0.15, 0.2) is 0 Å². The van der Waals surface area contributed by atoms with Crippen LogP contribution in [0.2, 0.25) is 0 Å². The molecule has 0 unspecified atom stereocenters. The van der Waals surface area contributed by atoms with Crippen LogP contribution in [0.15, 0.2) is 0 Å². The van der Waals surface area contributed by atoms with Crippen LogP contribution in [-0.4, -0.2) is 26.8 Å². The molecule has 0 atom stereocenters. The molecule has 1 aliphatic carbocycles. The molecule has 4 nitrogen and oxygen atoms in total. The molecule has 1 saturated carbocycles. The highest BCUT2D eigenvalue weighted by molar-refractivity contribution is 7.86. The molecule has 0 aliphatic heterocycles. The van der Waals surface area contributed by atoms with E-state index in [1.807, 2.05) is 0 Å². The van der Waals surface area contributed by atoms with Crippen molar-refractivity contribution in [3.63, 3.8) is 0 Å². The predicted molar refractivity (Wildman–Crippen MR) is 50.7 cm³/mol. The summed E-state index contributed by atoms with van der Waals surface area (Å²) in [5, 5.41) is 0. The van der Waals surface area contributed by atoms with Gasteiger partial charge in [-0.25, -0.2) is 0 Å². The zero-order chi connectivity index (χ0) is 10.3. The van der Waals surface area contributed by atoms with Crippen LogP contribution in [0.5, 0.6) is 0 Å². The van der Waals surface area contributed by atoms with E-state index in [0.29, 0.717) is 12.8 Å². The normalized spacial score (nSPS) is 25.2. The molecule has 0 spiro atoms. The molecule has 2 N–H and O–H groups in total. The third-order valence-electron chi connectivity index (χ3n) is 2.30. The summed E-state index contributed by atoms with van der Waals surface area (Å²) in [6, 6.07) is 0. The first kappa shape index (κ1) is 10.9. The average Bonchev–Trinajstić information content (AvgIpc) is 1.79. The predicted octanol–water partition coefficient (Wildman–Crippen LogP) is 0.480. The van der Waals surface area contributed by atoms with Gasteiger partial charge in [-0.2, -0.15) is 8.42 Å². The molecule has 0 amide bonds. The number of rotatable bonds is 3. The van der Waals surface area contributed by atoms with Crippen molar-refractivity contribution in [2.24, 2.45) is 11.1 Å². The van der Waals surface area contributed by atoms with Crippen molar-refractivity contribution in [3.05, 3.63) is 0 Å². The van der Waals surface area contributed by atoms with Gasteiger partial charge < -0.3 is 5.73 Å². The summed E-state index contributed by atoms with van der Waals surface area (Å²) >= 11 is 0. The Hall–Kier alpha value is -0.130. The molecule has 13 heavy (non-hydrogen) atoms. The van der Waals surface area contributed by atoms with Gasteiger partial charge in [0.2, 0.25) is 0 Å². The topological polar surface area (TPSA) is 69.4 Å². The maximum Gasteiger partial charge on any atom is 0.264 e. The zero-order valence-electron chi connectivity index (χ0n) is 8.33. The molecular formula is C8H17NO3S. The van der Waals surface area contributed by atoms with Crippen LogP contribution in [0.4, 0.5) is 0 Å². The largest absolute Gasteiger partial charge is 0.328 e. The van der Waals surface area contributed by atoms with Crippen LogP contribution in [0, 0.1) is 5.41 Å². The summed E-state index contributed by atoms with van der Waals surface area (Å²) in [6.45, 7) is 4.42. The minimum absolute atomic E-state index is 0.157. The summed E-state index contributed by atoms with van der Waals surface area (Å²) in [6.07, 6.45) is 2.49. The minimum atomic E-state index is -3.38. The van der Waals surface area contributed by atoms with Gasteiger partial charge in [-0.05, 0) is 18.3 Å². The van der Waals surface area contributed by atoms with Gasteiger partial charge in [-0.15, -0.1) is 0 Å². The lowest BCUT2D eigenvalue weighted by atomic mass is 9.61. The lowest BCUT2D eigenvalue weighted by molar-refractivity contribution is -0.0791. The van der Waals surface area contributed by atoms with Crippen LogP contribution in [0.25, 0.3) is 0 Å². The molecule has 0 aromatic heterocycles. The Morgan fingerprint density at radius 1 is 1.38 bits per heavy atom. The smallest absolute Gasteiger partial charge is 0.264 e. The summed E-state index contributed by atoms with van der Waals surface area (Å²) in [5.41, 5.74) is 5.04.